The van der Waals surface area contributed by atoms with Crippen molar-refractivity contribution in [1.29, 1.82) is 0 Å². The number of hydrogen-bond acceptors (Lipinski definition) is 1. The first-order valence-electron chi connectivity index (χ1n) is 3.22. The fourth-order valence-electron chi connectivity index (χ4n) is 0.901. The van der Waals surface area contributed by atoms with Gasteiger partial charge in [0.05, 0.1) is 6.61 Å². The lowest BCUT2D eigenvalue weighted by Gasteiger charge is -2.03. The Morgan fingerprint density at radius 2 is 2.18 bits per heavy atom. The molecule has 1 rings (SSSR count). The van der Waals surface area contributed by atoms with Gasteiger partial charge in [0.2, 0.25) is 0 Å². The van der Waals surface area contributed by atoms with Crippen LogP contribution in [-0.4, -0.2) is 5.11 Å². The molecular weight excluding hydrogens is 211 g/mol. The molecule has 1 aromatic rings. The fraction of sp³-hybridized carbons (Fsp3) is 0.250. The first kappa shape index (κ1) is 8.68. The quantitative estimate of drug-likeness (QED) is 0.756. The Labute approximate surface area is 73.0 Å². The van der Waals surface area contributed by atoms with Crippen LogP contribution in [0.2, 0.25) is 0 Å². The van der Waals surface area contributed by atoms with Crippen LogP contribution in [0.4, 0.5) is 4.39 Å². The van der Waals surface area contributed by atoms with E-state index in [4.69, 9.17) is 5.11 Å². The highest BCUT2D eigenvalue weighted by Crippen LogP contribution is 2.16. The Hall–Kier alpha value is -0.410. The average Bonchev–Trinajstić information content (AvgIpc) is 2.04. The summed E-state index contributed by atoms with van der Waals surface area (Å²) in [6.07, 6.45) is 0. The SMILES string of the molecule is OCc1cccc(F)c1CBr. The van der Waals surface area contributed by atoms with Crippen LogP contribution >= 0.6 is 15.9 Å². The summed E-state index contributed by atoms with van der Waals surface area (Å²) in [6, 6.07) is 4.68. The van der Waals surface area contributed by atoms with E-state index in [-0.39, 0.29) is 12.4 Å². The number of aliphatic hydroxyl groups excluding tert-OH is 1. The van der Waals surface area contributed by atoms with Gasteiger partial charge in [-0.25, -0.2) is 4.39 Å². The molecule has 0 saturated carbocycles. The van der Waals surface area contributed by atoms with Crippen LogP contribution in [0.15, 0.2) is 18.2 Å². The highest BCUT2D eigenvalue weighted by atomic mass is 79.9. The third-order valence-electron chi connectivity index (χ3n) is 1.52. The predicted octanol–water partition coefficient (Wildman–Crippen LogP) is 2.21. The summed E-state index contributed by atoms with van der Waals surface area (Å²) in [4.78, 5) is 0. The highest BCUT2D eigenvalue weighted by molar-refractivity contribution is 9.08. The van der Waals surface area contributed by atoms with E-state index in [2.05, 4.69) is 15.9 Å². The van der Waals surface area contributed by atoms with E-state index < -0.39 is 0 Å². The second-order valence-corrected chi connectivity index (χ2v) is 2.73. The third kappa shape index (κ3) is 1.79. The Morgan fingerprint density at radius 3 is 2.64 bits per heavy atom. The largest absolute Gasteiger partial charge is 0.392 e. The molecule has 0 aliphatic carbocycles. The summed E-state index contributed by atoms with van der Waals surface area (Å²) >= 11 is 3.15. The number of halogens is 2. The zero-order chi connectivity index (χ0) is 8.27. The minimum absolute atomic E-state index is 0.112. The third-order valence-corrected chi connectivity index (χ3v) is 2.08. The van der Waals surface area contributed by atoms with E-state index in [0.29, 0.717) is 16.5 Å². The summed E-state index contributed by atoms with van der Waals surface area (Å²) in [5.41, 5.74) is 1.18. The molecule has 60 valence electrons. The number of rotatable bonds is 2. The standard InChI is InChI=1S/C8H8BrFO/c9-4-7-6(5-11)2-1-3-8(7)10/h1-3,11H,4-5H2. The fourth-order valence-corrected chi connectivity index (χ4v) is 1.53. The van der Waals surface area contributed by atoms with Gasteiger partial charge in [-0.1, -0.05) is 28.1 Å². The van der Waals surface area contributed by atoms with Crippen molar-refractivity contribution in [3.63, 3.8) is 0 Å². The molecule has 3 heteroatoms. The molecule has 0 atom stereocenters. The van der Waals surface area contributed by atoms with Gasteiger partial charge in [0.15, 0.2) is 0 Å². The van der Waals surface area contributed by atoms with Gasteiger partial charge in [0.25, 0.3) is 0 Å². The summed E-state index contributed by atoms with van der Waals surface area (Å²) in [7, 11) is 0. The summed E-state index contributed by atoms with van der Waals surface area (Å²) < 4.78 is 12.9. The van der Waals surface area contributed by atoms with Crippen LogP contribution < -0.4 is 0 Å². The molecule has 0 amide bonds. The smallest absolute Gasteiger partial charge is 0.127 e. The normalized spacial score (nSPS) is 10.1. The lowest BCUT2D eigenvalue weighted by atomic mass is 10.1. The molecule has 1 nitrogen and oxygen atoms in total. The number of hydrogen-bond donors (Lipinski definition) is 1. The Bertz CT molecular complexity index is 250. The van der Waals surface area contributed by atoms with Gasteiger partial charge < -0.3 is 5.11 Å². The zero-order valence-electron chi connectivity index (χ0n) is 5.85. The predicted molar refractivity (Wildman–Crippen MR) is 45.0 cm³/mol. The van der Waals surface area contributed by atoms with Gasteiger partial charge in [-0.15, -0.1) is 0 Å². The lowest BCUT2D eigenvalue weighted by molar-refractivity contribution is 0.280. The van der Waals surface area contributed by atoms with E-state index in [0.717, 1.165) is 0 Å². The minimum atomic E-state index is -0.270. The molecule has 0 fully saturated rings. The Kier molecular flexibility index (Phi) is 3.02. The molecule has 0 aliphatic rings. The highest BCUT2D eigenvalue weighted by Gasteiger charge is 2.04. The topological polar surface area (TPSA) is 20.2 Å². The monoisotopic (exact) mass is 218 g/mol. The van der Waals surface area contributed by atoms with E-state index in [1.165, 1.54) is 6.07 Å². The van der Waals surface area contributed by atoms with Gasteiger partial charge >= 0.3 is 0 Å². The van der Waals surface area contributed by atoms with Crippen LogP contribution in [0, 0.1) is 5.82 Å². The van der Waals surface area contributed by atoms with E-state index >= 15 is 0 Å². The molecule has 1 N–H and O–H groups in total. The number of alkyl halides is 1. The lowest BCUT2D eigenvalue weighted by Crippen LogP contribution is -1.94. The van der Waals surface area contributed by atoms with E-state index in [9.17, 15) is 4.39 Å². The van der Waals surface area contributed by atoms with Gasteiger partial charge in [-0.05, 0) is 11.6 Å². The van der Waals surface area contributed by atoms with Gasteiger partial charge in [0, 0.05) is 10.9 Å². The molecular formula is C8H8BrFO. The second kappa shape index (κ2) is 3.83. The van der Waals surface area contributed by atoms with Crippen LogP contribution in [0.3, 0.4) is 0 Å². The van der Waals surface area contributed by atoms with Crippen molar-refractivity contribution in [1.82, 2.24) is 0 Å². The van der Waals surface area contributed by atoms with Gasteiger partial charge in [-0.2, -0.15) is 0 Å². The first-order valence-corrected chi connectivity index (χ1v) is 4.35. The van der Waals surface area contributed by atoms with Crippen molar-refractivity contribution in [3.05, 3.63) is 35.1 Å². The minimum Gasteiger partial charge on any atom is -0.392 e. The molecule has 0 spiro atoms. The molecule has 0 radical (unpaired) electrons. The summed E-state index contributed by atoms with van der Waals surface area (Å²) in [5, 5.41) is 9.23. The van der Waals surface area contributed by atoms with E-state index in [1.54, 1.807) is 12.1 Å². The maximum absolute atomic E-state index is 12.9. The molecule has 0 saturated heterocycles. The van der Waals surface area contributed by atoms with Crippen LogP contribution in [0.1, 0.15) is 11.1 Å². The van der Waals surface area contributed by atoms with Crippen molar-refractivity contribution in [2.75, 3.05) is 0 Å². The molecule has 1 aromatic carbocycles. The van der Waals surface area contributed by atoms with Crippen molar-refractivity contribution < 1.29 is 9.50 Å². The number of benzene rings is 1. The maximum Gasteiger partial charge on any atom is 0.127 e. The summed E-state index contributed by atoms with van der Waals surface area (Å²) in [5.74, 6) is -0.270. The Balaban J connectivity index is 3.13. The molecule has 0 aromatic heterocycles. The van der Waals surface area contributed by atoms with Crippen molar-refractivity contribution in [3.8, 4) is 0 Å². The first-order chi connectivity index (χ1) is 5.29. The Morgan fingerprint density at radius 1 is 1.45 bits per heavy atom. The van der Waals surface area contributed by atoms with Gasteiger partial charge in [-0.3, -0.25) is 0 Å². The van der Waals surface area contributed by atoms with Crippen LogP contribution in [0.5, 0.6) is 0 Å². The summed E-state index contributed by atoms with van der Waals surface area (Å²) in [6.45, 7) is -0.112. The van der Waals surface area contributed by atoms with E-state index in [1.807, 2.05) is 0 Å². The molecule has 0 aliphatic heterocycles. The van der Waals surface area contributed by atoms with Crippen molar-refractivity contribution >= 4 is 15.9 Å². The molecule has 0 unspecified atom stereocenters. The number of aliphatic hydroxyl groups is 1. The molecule has 11 heavy (non-hydrogen) atoms. The van der Waals surface area contributed by atoms with Crippen molar-refractivity contribution in [2.45, 2.75) is 11.9 Å². The maximum atomic E-state index is 12.9. The van der Waals surface area contributed by atoms with Gasteiger partial charge in [0.1, 0.15) is 5.82 Å². The van der Waals surface area contributed by atoms with Crippen molar-refractivity contribution in [2.24, 2.45) is 0 Å². The molecule has 0 bridgehead atoms. The zero-order valence-corrected chi connectivity index (χ0v) is 7.44. The van der Waals surface area contributed by atoms with Crippen LogP contribution in [-0.2, 0) is 11.9 Å². The second-order valence-electron chi connectivity index (χ2n) is 2.17. The molecule has 0 heterocycles. The van der Waals surface area contributed by atoms with Crippen LogP contribution in [0.25, 0.3) is 0 Å². The average molecular weight is 219 g/mol.